The quantitative estimate of drug-likeness (QED) is 0.268. The molecule has 32 heavy (non-hydrogen) atoms. The van der Waals surface area contributed by atoms with Crippen molar-refractivity contribution in [1.82, 2.24) is 20.9 Å². The predicted octanol–water partition coefficient (Wildman–Crippen LogP) is 3.52. The number of hydrogen-bond donors (Lipinski definition) is 3. The van der Waals surface area contributed by atoms with E-state index >= 15 is 0 Å². The predicted molar refractivity (Wildman–Crippen MR) is 143 cm³/mol. The van der Waals surface area contributed by atoms with E-state index in [9.17, 15) is 4.79 Å². The van der Waals surface area contributed by atoms with E-state index in [-0.39, 0.29) is 29.9 Å². The Kier molecular flexibility index (Phi) is 11.0. The Labute approximate surface area is 209 Å². The number of nitrogens with zero attached hydrogens (tertiary/aromatic N) is 2. The summed E-state index contributed by atoms with van der Waals surface area (Å²) in [6, 6.07) is 17.0. The highest BCUT2D eigenvalue weighted by Crippen LogP contribution is 2.24. The molecule has 0 radical (unpaired) electrons. The summed E-state index contributed by atoms with van der Waals surface area (Å²) in [4.78, 5) is 18.8. The summed E-state index contributed by atoms with van der Waals surface area (Å²) in [6.07, 6.45) is 3.36. The van der Waals surface area contributed by atoms with Gasteiger partial charge in [0.15, 0.2) is 5.96 Å². The van der Waals surface area contributed by atoms with Crippen LogP contribution in [0, 0.1) is 6.92 Å². The lowest BCUT2D eigenvalue weighted by Crippen LogP contribution is -2.43. The fourth-order valence-electron chi connectivity index (χ4n) is 4.05. The molecule has 2 aromatic rings. The highest BCUT2D eigenvalue weighted by atomic mass is 127. The zero-order valence-corrected chi connectivity index (χ0v) is 21.7. The molecule has 0 saturated carbocycles. The van der Waals surface area contributed by atoms with Crippen LogP contribution in [0.2, 0.25) is 0 Å². The van der Waals surface area contributed by atoms with E-state index in [0.717, 1.165) is 44.1 Å². The fourth-order valence-corrected chi connectivity index (χ4v) is 4.05. The number of rotatable bonds is 8. The lowest BCUT2D eigenvalue weighted by molar-refractivity contribution is 0.0963. The van der Waals surface area contributed by atoms with Crippen molar-refractivity contribution in [3.8, 4) is 0 Å². The van der Waals surface area contributed by atoms with Gasteiger partial charge in [-0.3, -0.25) is 14.7 Å². The topological polar surface area (TPSA) is 68.8 Å². The molecule has 1 saturated heterocycles. The van der Waals surface area contributed by atoms with E-state index in [1.807, 2.05) is 24.3 Å². The maximum Gasteiger partial charge on any atom is 0.251 e. The van der Waals surface area contributed by atoms with Crippen LogP contribution in [0.25, 0.3) is 0 Å². The number of benzene rings is 2. The molecule has 3 rings (SSSR count). The van der Waals surface area contributed by atoms with Crippen LogP contribution in [0.3, 0.4) is 0 Å². The van der Waals surface area contributed by atoms with Gasteiger partial charge in [0.2, 0.25) is 0 Å². The van der Waals surface area contributed by atoms with Crippen LogP contribution in [0.5, 0.6) is 0 Å². The number of nitrogens with one attached hydrogen (secondary N) is 3. The van der Waals surface area contributed by atoms with Crippen molar-refractivity contribution in [3.63, 3.8) is 0 Å². The van der Waals surface area contributed by atoms with Crippen molar-refractivity contribution < 1.29 is 4.79 Å². The summed E-state index contributed by atoms with van der Waals surface area (Å²) >= 11 is 0. The Morgan fingerprint density at radius 1 is 1.09 bits per heavy atom. The Morgan fingerprint density at radius 2 is 1.81 bits per heavy atom. The van der Waals surface area contributed by atoms with Gasteiger partial charge < -0.3 is 16.0 Å². The monoisotopic (exact) mass is 549 g/mol. The largest absolute Gasteiger partial charge is 0.356 e. The zero-order chi connectivity index (χ0) is 22.1. The molecular weight excluding hydrogens is 513 g/mol. The van der Waals surface area contributed by atoms with E-state index in [1.54, 1.807) is 14.1 Å². The third kappa shape index (κ3) is 7.48. The van der Waals surface area contributed by atoms with Gasteiger partial charge in [0.05, 0.1) is 6.04 Å². The first-order valence-corrected chi connectivity index (χ1v) is 11.2. The SMILES string of the molecule is CN=C(NCCc1cccc(C(=O)NC)c1)NCC(c1ccc(C)cc1)N1CCCC1.I. The average Bonchev–Trinajstić information content (AvgIpc) is 3.33. The number of carbonyl (C=O) groups is 1. The van der Waals surface area contributed by atoms with Gasteiger partial charge >= 0.3 is 0 Å². The molecule has 0 aliphatic carbocycles. The number of guanidine groups is 1. The first-order valence-electron chi connectivity index (χ1n) is 11.2. The van der Waals surface area contributed by atoms with Crippen molar-refractivity contribution in [3.05, 3.63) is 70.8 Å². The summed E-state index contributed by atoms with van der Waals surface area (Å²) in [5, 5.41) is 9.60. The van der Waals surface area contributed by atoms with Crippen LogP contribution in [0.15, 0.2) is 53.5 Å². The Bertz CT molecular complexity index is 878. The van der Waals surface area contributed by atoms with Crippen molar-refractivity contribution in [2.24, 2.45) is 4.99 Å². The number of hydrogen-bond acceptors (Lipinski definition) is 3. The molecule has 6 nitrogen and oxygen atoms in total. The molecule has 0 spiro atoms. The maximum atomic E-state index is 11.8. The fraction of sp³-hybridized carbons (Fsp3) is 0.440. The number of amides is 1. The number of carbonyl (C=O) groups excluding carboxylic acids is 1. The minimum atomic E-state index is -0.0589. The van der Waals surface area contributed by atoms with E-state index in [2.05, 4.69) is 57.0 Å². The maximum absolute atomic E-state index is 11.8. The number of halogens is 1. The zero-order valence-electron chi connectivity index (χ0n) is 19.4. The van der Waals surface area contributed by atoms with Crippen LogP contribution in [0.1, 0.15) is 45.9 Å². The first kappa shape index (κ1) is 26.1. The molecule has 1 heterocycles. The molecule has 1 unspecified atom stereocenters. The Balaban J connectivity index is 0.00000363. The molecular formula is C25H36IN5O. The summed E-state index contributed by atoms with van der Waals surface area (Å²) in [7, 11) is 3.45. The van der Waals surface area contributed by atoms with Crippen molar-refractivity contribution in [2.45, 2.75) is 32.2 Å². The second-order valence-corrected chi connectivity index (χ2v) is 8.08. The van der Waals surface area contributed by atoms with E-state index < -0.39 is 0 Å². The van der Waals surface area contributed by atoms with E-state index in [0.29, 0.717) is 11.6 Å². The van der Waals surface area contributed by atoms with Crippen molar-refractivity contribution in [2.75, 3.05) is 40.3 Å². The molecule has 3 N–H and O–H groups in total. The Morgan fingerprint density at radius 3 is 2.47 bits per heavy atom. The smallest absolute Gasteiger partial charge is 0.251 e. The normalized spacial score (nSPS) is 15.0. The summed E-state index contributed by atoms with van der Waals surface area (Å²) < 4.78 is 0. The van der Waals surface area contributed by atoms with Crippen molar-refractivity contribution in [1.29, 1.82) is 0 Å². The van der Waals surface area contributed by atoms with Gasteiger partial charge in [-0.15, -0.1) is 24.0 Å². The number of aryl methyl sites for hydroxylation is 1. The lowest BCUT2D eigenvalue weighted by atomic mass is 10.0. The third-order valence-electron chi connectivity index (χ3n) is 5.85. The number of likely N-dealkylation sites (tertiary alicyclic amines) is 1. The summed E-state index contributed by atoms with van der Waals surface area (Å²) in [5.41, 5.74) is 4.45. The molecule has 1 amide bonds. The van der Waals surface area contributed by atoms with Gasteiger partial charge in [-0.25, -0.2) is 0 Å². The van der Waals surface area contributed by atoms with E-state index in [1.165, 1.54) is 24.0 Å². The molecule has 1 aliphatic rings. The molecule has 174 valence electrons. The van der Waals surface area contributed by atoms with Crippen LogP contribution in [-0.4, -0.2) is 57.0 Å². The van der Waals surface area contributed by atoms with Gasteiger partial charge in [0, 0.05) is 32.7 Å². The molecule has 2 aromatic carbocycles. The average molecular weight is 550 g/mol. The third-order valence-corrected chi connectivity index (χ3v) is 5.85. The standard InChI is InChI=1S/C25H35N5O.HI/c1-19-9-11-21(12-10-19)23(30-15-4-5-16-30)18-29-25(27-3)28-14-13-20-7-6-8-22(17-20)24(31)26-2;/h6-12,17,23H,4-5,13-16,18H2,1-3H3,(H,26,31)(H2,27,28,29);1H. The summed E-state index contributed by atoms with van der Waals surface area (Å²) in [5.74, 6) is 0.745. The van der Waals surface area contributed by atoms with E-state index in [4.69, 9.17) is 0 Å². The van der Waals surface area contributed by atoms with Crippen molar-refractivity contribution >= 4 is 35.8 Å². The van der Waals surface area contributed by atoms with Gasteiger partial charge in [-0.2, -0.15) is 0 Å². The van der Waals surface area contributed by atoms with Gasteiger partial charge in [0.25, 0.3) is 5.91 Å². The van der Waals surface area contributed by atoms with Crippen LogP contribution < -0.4 is 16.0 Å². The molecule has 0 aromatic heterocycles. The van der Waals surface area contributed by atoms with Gasteiger partial charge in [-0.05, 0) is 62.5 Å². The lowest BCUT2D eigenvalue weighted by Gasteiger charge is -2.29. The van der Waals surface area contributed by atoms with Crippen LogP contribution in [-0.2, 0) is 6.42 Å². The molecule has 7 heteroatoms. The van der Waals surface area contributed by atoms with Gasteiger partial charge in [0.1, 0.15) is 0 Å². The van der Waals surface area contributed by atoms with Crippen LogP contribution in [0.4, 0.5) is 0 Å². The molecule has 1 atom stereocenters. The minimum Gasteiger partial charge on any atom is -0.356 e. The second-order valence-electron chi connectivity index (χ2n) is 8.08. The summed E-state index contributed by atoms with van der Waals surface area (Å²) in [6.45, 7) is 5.98. The number of aliphatic imine (C=N–C) groups is 1. The van der Waals surface area contributed by atoms with Crippen LogP contribution >= 0.6 is 24.0 Å². The second kappa shape index (κ2) is 13.4. The highest BCUT2D eigenvalue weighted by molar-refractivity contribution is 14.0. The molecule has 0 bridgehead atoms. The van der Waals surface area contributed by atoms with Gasteiger partial charge in [-0.1, -0.05) is 42.0 Å². The Hall–Kier alpha value is -2.13. The first-order chi connectivity index (χ1) is 15.1. The molecule has 1 aliphatic heterocycles. The highest BCUT2D eigenvalue weighted by Gasteiger charge is 2.23. The minimum absolute atomic E-state index is 0. The molecule has 1 fully saturated rings.